The van der Waals surface area contributed by atoms with E-state index in [2.05, 4.69) is 74.5 Å². The van der Waals surface area contributed by atoms with Gasteiger partial charge in [0, 0.05) is 0 Å². The minimum absolute atomic E-state index is 0.170. The van der Waals surface area contributed by atoms with Crippen LogP contribution in [0.2, 0.25) is 0 Å². The summed E-state index contributed by atoms with van der Waals surface area (Å²) in [7, 11) is 0. The van der Waals surface area contributed by atoms with Crippen LogP contribution in [-0.4, -0.2) is 48.8 Å². The summed E-state index contributed by atoms with van der Waals surface area (Å²) in [5.74, 6) is 4.60. The Morgan fingerprint density at radius 3 is 1.08 bits per heavy atom. The van der Waals surface area contributed by atoms with Crippen LogP contribution < -0.4 is 4.74 Å². The molecule has 0 heterocycles. The van der Waals surface area contributed by atoms with Crippen molar-refractivity contribution in [3.8, 4) is 11.5 Å². The fourth-order valence-corrected chi connectivity index (χ4v) is 10.4. The fourth-order valence-electron chi connectivity index (χ4n) is 10.4. The fraction of sp³-hybridized carbons (Fsp3) is 0.471. The number of aromatic hydroxyl groups is 1. The summed E-state index contributed by atoms with van der Waals surface area (Å²) < 4.78 is 29.3. The van der Waals surface area contributed by atoms with Crippen molar-refractivity contribution in [2.75, 3.05) is 26.4 Å². The quantitative estimate of drug-likeness (QED) is 0.0474. The first-order valence-electron chi connectivity index (χ1n) is 28.6. The highest BCUT2D eigenvalue weighted by molar-refractivity contribution is 5.30. The molecule has 404 valence electrons. The number of aliphatic hydroxyl groups excluding tert-OH is 1. The van der Waals surface area contributed by atoms with Crippen molar-refractivity contribution in [1.82, 2.24) is 0 Å². The van der Waals surface area contributed by atoms with E-state index in [1.54, 1.807) is 0 Å². The summed E-state index contributed by atoms with van der Waals surface area (Å²) in [6.45, 7) is 8.25. The van der Waals surface area contributed by atoms with Crippen LogP contribution in [0.3, 0.4) is 0 Å². The number of phenolic OH excluding ortho intramolecular Hbond substituents is 1. The average Bonchev–Trinajstić information content (AvgIpc) is 3.45. The highest BCUT2D eigenvalue weighted by atomic mass is 16.6. The van der Waals surface area contributed by atoms with Gasteiger partial charge in [-0.25, -0.2) is 0 Å². The van der Waals surface area contributed by atoms with Gasteiger partial charge in [-0.15, -0.1) is 0 Å². The summed E-state index contributed by atoms with van der Waals surface area (Å²) in [4.78, 5) is 0. The number of hydrogen-bond acceptors (Lipinski definition) is 7. The SMILES string of the molecule is CCCCCC1CCC(c2ccc(O)cc2)CC1.CCCCCC1CCC(c2ccc(OC(COCc3ccccc3)COCc3ccccc3)cc2)CC1.OC(COCc1ccccc1)COCc1ccccc1. The molecule has 6 aromatic carbocycles. The van der Waals surface area contributed by atoms with Crippen molar-refractivity contribution < 1.29 is 33.9 Å². The molecule has 2 N–H and O–H groups in total. The van der Waals surface area contributed by atoms with Crippen molar-refractivity contribution in [2.24, 2.45) is 11.8 Å². The van der Waals surface area contributed by atoms with Crippen molar-refractivity contribution in [3.05, 3.63) is 203 Å². The van der Waals surface area contributed by atoms with Gasteiger partial charge in [0.2, 0.25) is 0 Å². The van der Waals surface area contributed by atoms with Gasteiger partial charge in [-0.3, -0.25) is 0 Å². The highest BCUT2D eigenvalue weighted by Gasteiger charge is 2.23. The van der Waals surface area contributed by atoms with Crippen LogP contribution in [0.4, 0.5) is 0 Å². The van der Waals surface area contributed by atoms with E-state index in [0.717, 1.165) is 45.8 Å². The van der Waals surface area contributed by atoms with Gasteiger partial charge < -0.3 is 33.9 Å². The third-order valence-corrected chi connectivity index (χ3v) is 14.8. The molecule has 0 aromatic heterocycles. The predicted molar refractivity (Wildman–Crippen MR) is 307 cm³/mol. The van der Waals surface area contributed by atoms with Crippen molar-refractivity contribution >= 4 is 0 Å². The predicted octanol–water partition coefficient (Wildman–Crippen LogP) is 16.7. The molecule has 0 atom stereocenters. The molecule has 0 unspecified atom stereocenters. The van der Waals surface area contributed by atoms with E-state index in [9.17, 15) is 10.2 Å². The molecule has 2 fully saturated rings. The van der Waals surface area contributed by atoms with Gasteiger partial charge in [-0.1, -0.05) is 211 Å². The van der Waals surface area contributed by atoms with Gasteiger partial charge in [0.25, 0.3) is 0 Å². The first kappa shape index (κ1) is 59.0. The monoisotopic (exact) mass is 1020 g/mol. The first-order chi connectivity index (χ1) is 36.9. The van der Waals surface area contributed by atoms with E-state index in [4.69, 9.17) is 23.7 Å². The molecule has 0 radical (unpaired) electrons. The summed E-state index contributed by atoms with van der Waals surface area (Å²) in [5.41, 5.74) is 7.40. The average molecular weight is 1020 g/mol. The largest absolute Gasteiger partial charge is 0.508 e. The van der Waals surface area contributed by atoms with Crippen molar-refractivity contribution in [1.29, 1.82) is 0 Å². The summed E-state index contributed by atoms with van der Waals surface area (Å²) in [6.07, 6.45) is 21.2. The molecule has 7 nitrogen and oxygen atoms in total. The van der Waals surface area contributed by atoms with E-state index in [0.29, 0.717) is 51.3 Å². The van der Waals surface area contributed by atoms with Gasteiger partial charge in [-0.2, -0.15) is 0 Å². The maximum atomic E-state index is 9.76. The van der Waals surface area contributed by atoms with E-state index in [1.807, 2.05) is 109 Å². The Bertz CT molecular complexity index is 2190. The highest BCUT2D eigenvalue weighted by Crippen LogP contribution is 2.39. The molecular formula is C68H90O7. The Labute approximate surface area is 452 Å². The standard InChI is InChI=1S/C34H44O3.C17H20O3.C17H26O/c1-2-3-6-11-28-16-18-31(19-17-28)32-20-22-33(23-21-32)37-34(26-35-24-29-12-7-4-8-13-29)27-36-25-30-14-9-5-10-15-30;18-17(13-19-11-15-7-3-1-4-8-15)14-20-12-16-9-5-2-6-10-16;1-2-3-4-5-14-6-8-15(9-7-14)16-10-12-17(18)13-11-16/h4-5,7-10,12-15,20-23,28,31,34H,2-3,6,11,16-19,24-27H2,1H3;1-10,17-18H,11-14H2;10-15,18H,2-9H2,1H3. The van der Waals surface area contributed by atoms with Gasteiger partial charge in [-0.05, 0) is 133 Å². The zero-order valence-electron chi connectivity index (χ0n) is 45.5. The number of phenols is 1. The zero-order chi connectivity index (χ0) is 52.4. The molecule has 75 heavy (non-hydrogen) atoms. The number of rotatable bonds is 28. The third-order valence-electron chi connectivity index (χ3n) is 14.8. The van der Waals surface area contributed by atoms with Crippen LogP contribution in [-0.2, 0) is 45.4 Å². The number of benzene rings is 6. The second-order valence-corrected chi connectivity index (χ2v) is 21.0. The second-order valence-electron chi connectivity index (χ2n) is 21.0. The first-order valence-corrected chi connectivity index (χ1v) is 28.6. The molecule has 8 rings (SSSR count). The lowest BCUT2D eigenvalue weighted by molar-refractivity contribution is -0.0276. The Balaban J connectivity index is 0.000000202. The van der Waals surface area contributed by atoms with Crippen LogP contribution in [0.15, 0.2) is 170 Å². The molecule has 0 saturated heterocycles. The number of unbranched alkanes of at least 4 members (excludes halogenated alkanes) is 4. The topological polar surface area (TPSA) is 86.6 Å². The molecule has 7 heteroatoms. The van der Waals surface area contributed by atoms with Crippen molar-refractivity contribution in [3.63, 3.8) is 0 Å². The molecule has 2 saturated carbocycles. The van der Waals surface area contributed by atoms with Crippen LogP contribution in [0.1, 0.15) is 162 Å². The lowest BCUT2D eigenvalue weighted by atomic mass is 9.77. The Kier molecular flexibility index (Phi) is 28.2. The summed E-state index contributed by atoms with van der Waals surface area (Å²) in [6, 6.07) is 57.0. The van der Waals surface area contributed by atoms with E-state index in [-0.39, 0.29) is 19.3 Å². The van der Waals surface area contributed by atoms with E-state index in [1.165, 1.54) is 114 Å². The normalized spacial score (nSPS) is 17.4. The van der Waals surface area contributed by atoms with Crippen LogP contribution in [0.5, 0.6) is 11.5 Å². The molecule has 6 aromatic rings. The minimum Gasteiger partial charge on any atom is -0.508 e. The van der Waals surface area contributed by atoms with Crippen LogP contribution in [0.25, 0.3) is 0 Å². The van der Waals surface area contributed by atoms with E-state index < -0.39 is 6.10 Å². The van der Waals surface area contributed by atoms with Gasteiger partial charge in [0.15, 0.2) is 0 Å². The zero-order valence-corrected chi connectivity index (χ0v) is 45.5. The number of ether oxygens (including phenoxy) is 5. The molecule has 2 aliphatic carbocycles. The Morgan fingerprint density at radius 1 is 0.400 bits per heavy atom. The van der Waals surface area contributed by atoms with Gasteiger partial charge in [0.1, 0.15) is 23.7 Å². The van der Waals surface area contributed by atoms with Gasteiger partial charge in [0.05, 0.1) is 52.9 Å². The number of hydrogen-bond donors (Lipinski definition) is 2. The third kappa shape index (κ3) is 24.1. The molecule has 0 bridgehead atoms. The minimum atomic E-state index is -0.595. The van der Waals surface area contributed by atoms with Crippen molar-refractivity contribution in [2.45, 2.75) is 167 Å². The molecule has 0 aliphatic heterocycles. The molecule has 0 spiro atoms. The second kappa shape index (κ2) is 35.9. The van der Waals surface area contributed by atoms with Crippen LogP contribution in [0, 0.1) is 11.8 Å². The molecule has 2 aliphatic rings. The number of aliphatic hydroxyl groups is 1. The maximum Gasteiger partial charge on any atom is 0.145 e. The lowest BCUT2D eigenvalue weighted by Crippen LogP contribution is -2.28. The molecule has 0 amide bonds. The smallest absolute Gasteiger partial charge is 0.145 e. The van der Waals surface area contributed by atoms with Crippen LogP contribution >= 0.6 is 0 Å². The Hall–Kier alpha value is -5.28. The Morgan fingerprint density at radius 2 is 0.733 bits per heavy atom. The van der Waals surface area contributed by atoms with E-state index >= 15 is 0 Å². The molecular weight excluding hydrogens is 929 g/mol. The lowest BCUT2D eigenvalue weighted by Gasteiger charge is -2.29. The maximum absolute atomic E-state index is 9.76. The summed E-state index contributed by atoms with van der Waals surface area (Å²) in [5, 5.41) is 19.1. The summed E-state index contributed by atoms with van der Waals surface area (Å²) >= 11 is 0. The van der Waals surface area contributed by atoms with Gasteiger partial charge >= 0.3 is 0 Å².